The fraction of sp³-hybridized carbons (Fsp3) is 0.706. The predicted molar refractivity (Wildman–Crippen MR) is 86.1 cm³/mol. The number of β-amino-alcohol motifs (C(OH)–C–C–N with tert-alkyl or cyclic N) is 1. The van der Waals surface area contributed by atoms with Gasteiger partial charge < -0.3 is 19.4 Å². The highest BCUT2D eigenvalue weighted by molar-refractivity contribution is 5.78. The summed E-state index contributed by atoms with van der Waals surface area (Å²) in [6.45, 7) is 4.25. The molecule has 0 spiro atoms. The first kappa shape index (κ1) is 17.0. The Morgan fingerprint density at radius 2 is 2.29 bits per heavy atom. The molecule has 7 nitrogen and oxygen atoms in total. The van der Waals surface area contributed by atoms with Gasteiger partial charge in [-0.2, -0.15) is 0 Å². The molecule has 0 aliphatic carbocycles. The van der Waals surface area contributed by atoms with Gasteiger partial charge in [0.15, 0.2) is 0 Å². The van der Waals surface area contributed by atoms with E-state index in [4.69, 9.17) is 4.52 Å². The van der Waals surface area contributed by atoms with E-state index in [0.29, 0.717) is 45.3 Å². The number of aromatic nitrogens is 1. The number of hydrogen-bond donors (Lipinski definition) is 1. The van der Waals surface area contributed by atoms with Crippen LogP contribution < -0.4 is 0 Å². The van der Waals surface area contributed by atoms with Crippen LogP contribution in [-0.4, -0.2) is 64.2 Å². The van der Waals surface area contributed by atoms with Crippen molar-refractivity contribution in [1.82, 2.24) is 15.0 Å². The molecule has 24 heavy (non-hydrogen) atoms. The van der Waals surface area contributed by atoms with Crippen LogP contribution in [0.4, 0.5) is 0 Å². The molecule has 0 radical (unpaired) electrons. The minimum atomic E-state index is -0.528. The SMILES string of the molecule is Cc1cc(CC2CN(C(=O)CCCN3CCCC3=O)CC2O)on1. The molecule has 1 N–H and O–H groups in total. The fourth-order valence-electron chi connectivity index (χ4n) is 3.55. The summed E-state index contributed by atoms with van der Waals surface area (Å²) < 4.78 is 5.20. The Morgan fingerprint density at radius 1 is 1.46 bits per heavy atom. The lowest BCUT2D eigenvalue weighted by atomic mass is 10.0. The monoisotopic (exact) mass is 335 g/mol. The molecule has 1 aromatic rings. The van der Waals surface area contributed by atoms with Gasteiger partial charge in [-0.25, -0.2) is 0 Å². The van der Waals surface area contributed by atoms with Crippen LogP contribution >= 0.6 is 0 Å². The summed E-state index contributed by atoms with van der Waals surface area (Å²) in [5.74, 6) is 0.984. The second-order valence-corrected chi connectivity index (χ2v) is 6.85. The van der Waals surface area contributed by atoms with E-state index in [9.17, 15) is 14.7 Å². The van der Waals surface area contributed by atoms with Crippen LogP contribution in [0.3, 0.4) is 0 Å². The van der Waals surface area contributed by atoms with Crippen LogP contribution in [0.15, 0.2) is 10.6 Å². The largest absolute Gasteiger partial charge is 0.391 e. The third kappa shape index (κ3) is 3.95. The number of nitrogens with zero attached hydrogens (tertiary/aromatic N) is 3. The van der Waals surface area contributed by atoms with Crippen LogP contribution in [-0.2, 0) is 16.0 Å². The van der Waals surface area contributed by atoms with Crippen molar-refractivity contribution in [3.8, 4) is 0 Å². The molecule has 1 aromatic heterocycles. The van der Waals surface area contributed by atoms with E-state index in [1.807, 2.05) is 17.9 Å². The normalized spacial score (nSPS) is 24.2. The summed E-state index contributed by atoms with van der Waals surface area (Å²) in [5, 5.41) is 14.1. The van der Waals surface area contributed by atoms with Crippen molar-refractivity contribution in [2.24, 2.45) is 5.92 Å². The molecule has 0 bridgehead atoms. The zero-order valence-electron chi connectivity index (χ0n) is 14.1. The zero-order chi connectivity index (χ0) is 17.1. The standard InChI is InChI=1S/C17H25N3O4/c1-12-8-14(24-18-12)9-13-10-20(11-15(13)21)17(23)5-3-7-19-6-2-4-16(19)22/h8,13,15,21H,2-7,9-11H2,1H3. The molecule has 2 fully saturated rings. The molecule has 2 saturated heterocycles. The molecular formula is C17H25N3O4. The molecule has 2 atom stereocenters. The molecule has 0 aromatic carbocycles. The summed E-state index contributed by atoms with van der Waals surface area (Å²) in [6.07, 6.45) is 2.73. The molecule has 3 rings (SSSR count). The van der Waals surface area contributed by atoms with Crippen LogP contribution in [0.1, 0.15) is 37.1 Å². The number of carbonyl (C=O) groups is 2. The summed E-state index contributed by atoms with van der Waals surface area (Å²) >= 11 is 0. The number of likely N-dealkylation sites (tertiary alicyclic amines) is 2. The molecule has 2 aliphatic rings. The number of carbonyl (C=O) groups excluding carboxylic acids is 2. The Labute approximate surface area is 141 Å². The molecule has 0 saturated carbocycles. The lowest BCUT2D eigenvalue weighted by Gasteiger charge is -2.18. The van der Waals surface area contributed by atoms with Crippen LogP contribution in [0.2, 0.25) is 0 Å². The number of aliphatic hydroxyl groups excluding tert-OH is 1. The van der Waals surface area contributed by atoms with Crippen molar-refractivity contribution in [1.29, 1.82) is 0 Å². The molecule has 2 amide bonds. The van der Waals surface area contributed by atoms with Crippen molar-refractivity contribution < 1.29 is 19.2 Å². The van der Waals surface area contributed by atoms with Gasteiger partial charge in [-0.15, -0.1) is 0 Å². The smallest absolute Gasteiger partial charge is 0.222 e. The first-order chi connectivity index (χ1) is 11.5. The van der Waals surface area contributed by atoms with Gasteiger partial charge >= 0.3 is 0 Å². The number of hydrogen-bond acceptors (Lipinski definition) is 5. The fourth-order valence-corrected chi connectivity index (χ4v) is 3.55. The molecule has 3 heterocycles. The molecule has 132 valence electrons. The number of rotatable bonds is 6. The Hall–Kier alpha value is -1.89. The average Bonchev–Trinajstić information content (AvgIpc) is 3.23. The maximum absolute atomic E-state index is 12.3. The Bertz CT molecular complexity index is 600. The molecule has 2 aliphatic heterocycles. The van der Waals surface area contributed by atoms with Crippen molar-refractivity contribution in [2.45, 2.75) is 45.1 Å². The average molecular weight is 335 g/mol. The third-order valence-electron chi connectivity index (χ3n) is 4.89. The number of amides is 2. The topological polar surface area (TPSA) is 86.9 Å². The van der Waals surface area contributed by atoms with Gasteiger partial charge in [0.1, 0.15) is 5.76 Å². The highest BCUT2D eigenvalue weighted by atomic mass is 16.5. The molecule has 2 unspecified atom stereocenters. The highest BCUT2D eigenvalue weighted by Gasteiger charge is 2.34. The van der Waals surface area contributed by atoms with Gasteiger partial charge in [-0.1, -0.05) is 5.16 Å². The zero-order valence-corrected chi connectivity index (χ0v) is 14.1. The van der Waals surface area contributed by atoms with Gasteiger partial charge in [0, 0.05) is 57.4 Å². The Balaban J connectivity index is 1.43. The first-order valence-corrected chi connectivity index (χ1v) is 8.68. The second-order valence-electron chi connectivity index (χ2n) is 6.85. The minimum absolute atomic E-state index is 0.0125. The van der Waals surface area contributed by atoms with E-state index < -0.39 is 6.10 Å². The van der Waals surface area contributed by atoms with Crippen molar-refractivity contribution in [3.63, 3.8) is 0 Å². The summed E-state index contributed by atoms with van der Waals surface area (Å²) in [6, 6.07) is 1.87. The van der Waals surface area contributed by atoms with Gasteiger partial charge in [0.05, 0.1) is 11.8 Å². The van der Waals surface area contributed by atoms with Crippen molar-refractivity contribution in [2.75, 3.05) is 26.2 Å². The Kier molecular flexibility index (Phi) is 5.18. The van der Waals surface area contributed by atoms with Crippen molar-refractivity contribution in [3.05, 3.63) is 17.5 Å². The lowest BCUT2D eigenvalue weighted by Crippen LogP contribution is -2.31. The van der Waals surface area contributed by atoms with E-state index in [0.717, 1.165) is 24.4 Å². The highest BCUT2D eigenvalue weighted by Crippen LogP contribution is 2.23. The van der Waals surface area contributed by atoms with E-state index >= 15 is 0 Å². The van der Waals surface area contributed by atoms with Crippen LogP contribution in [0.25, 0.3) is 0 Å². The van der Waals surface area contributed by atoms with Gasteiger partial charge in [-0.05, 0) is 19.8 Å². The van der Waals surface area contributed by atoms with E-state index in [2.05, 4.69) is 5.16 Å². The summed E-state index contributed by atoms with van der Waals surface area (Å²) in [4.78, 5) is 27.4. The minimum Gasteiger partial charge on any atom is -0.391 e. The van der Waals surface area contributed by atoms with E-state index in [1.54, 1.807) is 4.90 Å². The maximum atomic E-state index is 12.3. The van der Waals surface area contributed by atoms with Gasteiger partial charge in [0.2, 0.25) is 11.8 Å². The summed E-state index contributed by atoms with van der Waals surface area (Å²) in [7, 11) is 0. The molecular weight excluding hydrogens is 310 g/mol. The van der Waals surface area contributed by atoms with Gasteiger partial charge in [-0.3, -0.25) is 9.59 Å². The number of aryl methyl sites for hydroxylation is 1. The van der Waals surface area contributed by atoms with Crippen LogP contribution in [0, 0.1) is 12.8 Å². The Morgan fingerprint density at radius 3 is 2.96 bits per heavy atom. The van der Waals surface area contributed by atoms with Crippen LogP contribution in [0.5, 0.6) is 0 Å². The molecule has 7 heteroatoms. The third-order valence-corrected chi connectivity index (χ3v) is 4.89. The summed E-state index contributed by atoms with van der Waals surface area (Å²) in [5.41, 5.74) is 0.821. The second kappa shape index (κ2) is 7.34. The quantitative estimate of drug-likeness (QED) is 0.829. The first-order valence-electron chi connectivity index (χ1n) is 8.68. The predicted octanol–water partition coefficient (Wildman–Crippen LogP) is 0.747. The lowest BCUT2D eigenvalue weighted by molar-refractivity contribution is -0.132. The maximum Gasteiger partial charge on any atom is 0.222 e. The van der Waals surface area contributed by atoms with Crippen molar-refractivity contribution >= 4 is 11.8 Å². The number of aliphatic hydroxyl groups is 1. The van der Waals surface area contributed by atoms with E-state index in [1.165, 1.54) is 0 Å². The van der Waals surface area contributed by atoms with Gasteiger partial charge in [0.25, 0.3) is 0 Å². The van der Waals surface area contributed by atoms with E-state index in [-0.39, 0.29) is 17.7 Å².